The van der Waals surface area contributed by atoms with E-state index in [1.807, 2.05) is 0 Å². The van der Waals surface area contributed by atoms with Crippen molar-refractivity contribution in [1.82, 2.24) is 4.90 Å². The smallest absolute Gasteiger partial charge is 0.0166 e. The third-order valence-electron chi connectivity index (χ3n) is 2.91. The molecular weight excluding hydrogens is 134 g/mol. The van der Waals surface area contributed by atoms with Crippen molar-refractivity contribution in [3.05, 3.63) is 12.2 Å². The van der Waals surface area contributed by atoms with Crippen LogP contribution in [0.1, 0.15) is 32.1 Å². The van der Waals surface area contributed by atoms with Gasteiger partial charge in [-0.3, -0.25) is 4.90 Å². The van der Waals surface area contributed by atoms with Crippen molar-refractivity contribution >= 4 is 0 Å². The van der Waals surface area contributed by atoms with Gasteiger partial charge < -0.3 is 0 Å². The molecule has 2 heterocycles. The molecule has 1 heteroatoms. The van der Waals surface area contributed by atoms with Crippen molar-refractivity contribution in [1.29, 1.82) is 0 Å². The van der Waals surface area contributed by atoms with Gasteiger partial charge in [-0.25, -0.2) is 0 Å². The zero-order valence-electron chi connectivity index (χ0n) is 7.13. The van der Waals surface area contributed by atoms with Crippen LogP contribution in [0.25, 0.3) is 0 Å². The highest BCUT2D eigenvalue weighted by molar-refractivity contribution is 4.96. The maximum atomic E-state index is 2.65. The van der Waals surface area contributed by atoms with Gasteiger partial charge in [-0.1, -0.05) is 25.0 Å². The molecule has 1 atom stereocenters. The molecule has 11 heavy (non-hydrogen) atoms. The Balaban J connectivity index is 2.00. The molecule has 0 aromatic heterocycles. The SMILES string of the molecule is C1=CCN2CCCCCC2C1. The minimum Gasteiger partial charge on any atom is -0.296 e. The summed E-state index contributed by atoms with van der Waals surface area (Å²) in [5.41, 5.74) is 0. The lowest BCUT2D eigenvalue weighted by molar-refractivity contribution is 0.213. The first-order valence-corrected chi connectivity index (χ1v) is 4.86. The lowest BCUT2D eigenvalue weighted by Gasteiger charge is -2.30. The van der Waals surface area contributed by atoms with E-state index in [-0.39, 0.29) is 0 Å². The monoisotopic (exact) mass is 151 g/mol. The van der Waals surface area contributed by atoms with Crippen molar-refractivity contribution in [2.75, 3.05) is 13.1 Å². The maximum Gasteiger partial charge on any atom is 0.0166 e. The maximum absolute atomic E-state index is 2.65. The van der Waals surface area contributed by atoms with E-state index in [9.17, 15) is 0 Å². The molecule has 62 valence electrons. The van der Waals surface area contributed by atoms with Gasteiger partial charge in [-0.2, -0.15) is 0 Å². The van der Waals surface area contributed by atoms with Gasteiger partial charge in [0.2, 0.25) is 0 Å². The third kappa shape index (κ3) is 1.64. The molecule has 0 radical (unpaired) electrons. The number of rotatable bonds is 0. The third-order valence-corrected chi connectivity index (χ3v) is 2.91. The first-order chi connectivity index (χ1) is 5.47. The summed E-state index contributed by atoms with van der Waals surface area (Å²) in [5.74, 6) is 0. The summed E-state index contributed by atoms with van der Waals surface area (Å²) in [5, 5.41) is 0. The fourth-order valence-corrected chi connectivity index (χ4v) is 2.21. The number of nitrogens with zero attached hydrogens (tertiary/aromatic N) is 1. The summed E-state index contributed by atoms with van der Waals surface area (Å²) < 4.78 is 0. The van der Waals surface area contributed by atoms with Crippen molar-refractivity contribution in [2.45, 2.75) is 38.1 Å². The van der Waals surface area contributed by atoms with Gasteiger partial charge >= 0.3 is 0 Å². The molecule has 0 saturated carbocycles. The average molecular weight is 151 g/mol. The first-order valence-electron chi connectivity index (χ1n) is 4.86. The van der Waals surface area contributed by atoms with Crippen LogP contribution < -0.4 is 0 Å². The van der Waals surface area contributed by atoms with Crippen molar-refractivity contribution in [2.24, 2.45) is 0 Å². The first kappa shape index (κ1) is 7.35. The second kappa shape index (κ2) is 3.40. The van der Waals surface area contributed by atoms with Crippen LogP contribution in [0.4, 0.5) is 0 Å². The molecule has 0 aliphatic carbocycles. The molecule has 0 spiro atoms. The summed E-state index contributed by atoms with van der Waals surface area (Å²) >= 11 is 0. The van der Waals surface area contributed by atoms with Gasteiger partial charge in [0.15, 0.2) is 0 Å². The summed E-state index contributed by atoms with van der Waals surface area (Å²) in [6.07, 6.45) is 11.7. The molecule has 1 unspecified atom stereocenters. The Kier molecular flexibility index (Phi) is 2.27. The van der Waals surface area contributed by atoms with E-state index in [4.69, 9.17) is 0 Å². The van der Waals surface area contributed by atoms with E-state index in [1.54, 1.807) is 0 Å². The molecule has 0 aromatic carbocycles. The number of hydrogen-bond acceptors (Lipinski definition) is 1. The molecule has 0 N–H and O–H groups in total. The molecule has 1 nitrogen and oxygen atoms in total. The van der Waals surface area contributed by atoms with Crippen LogP contribution in [0.2, 0.25) is 0 Å². The Morgan fingerprint density at radius 1 is 1.09 bits per heavy atom. The Hall–Kier alpha value is -0.300. The highest BCUT2D eigenvalue weighted by atomic mass is 15.2. The largest absolute Gasteiger partial charge is 0.296 e. The van der Waals surface area contributed by atoms with Crippen molar-refractivity contribution in [3.8, 4) is 0 Å². The highest BCUT2D eigenvalue weighted by Gasteiger charge is 2.20. The van der Waals surface area contributed by atoms with Gasteiger partial charge in [0.25, 0.3) is 0 Å². The second-order valence-corrected chi connectivity index (χ2v) is 3.71. The van der Waals surface area contributed by atoms with Crippen molar-refractivity contribution in [3.63, 3.8) is 0 Å². The Morgan fingerprint density at radius 2 is 2.09 bits per heavy atom. The lowest BCUT2D eigenvalue weighted by atomic mass is 10.0. The van der Waals surface area contributed by atoms with E-state index in [0.717, 1.165) is 6.04 Å². The zero-order valence-corrected chi connectivity index (χ0v) is 7.13. The number of hydrogen-bond donors (Lipinski definition) is 0. The molecular formula is C10H17N. The van der Waals surface area contributed by atoms with Crippen molar-refractivity contribution < 1.29 is 0 Å². The Morgan fingerprint density at radius 3 is 3.09 bits per heavy atom. The summed E-state index contributed by atoms with van der Waals surface area (Å²) in [4.78, 5) is 2.65. The quantitative estimate of drug-likeness (QED) is 0.480. The molecule has 1 fully saturated rings. The van der Waals surface area contributed by atoms with Crippen LogP contribution in [0.5, 0.6) is 0 Å². The molecule has 0 bridgehead atoms. The standard InChI is InChI=1S/C10H17N/c1-2-6-10-7-3-5-9-11(10)8-4-1/h3,5,10H,1-2,4,6-9H2. The van der Waals surface area contributed by atoms with Crippen LogP contribution in [-0.4, -0.2) is 24.0 Å². The zero-order chi connectivity index (χ0) is 7.52. The van der Waals surface area contributed by atoms with E-state index < -0.39 is 0 Å². The van der Waals surface area contributed by atoms with E-state index >= 15 is 0 Å². The fraction of sp³-hybridized carbons (Fsp3) is 0.800. The van der Waals surface area contributed by atoms with Gasteiger partial charge in [0.1, 0.15) is 0 Å². The van der Waals surface area contributed by atoms with Crippen LogP contribution in [-0.2, 0) is 0 Å². The average Bonchev–Trinajstić information content (AvgIpc) is 2.28. The highest BCUT2D eigenvalue weighted by Crippen LogP contribution is 2.21. The minimum absolute atomic E-state index is 0.891. The summed E-state index contributed by atoms with van der Waals surface area (Å²) in [7, 11) is 0. The topological polar surface area (TPSA) is 3.24 Å². The van der Waals surface area contributed by atoms with Crippen LogP contribution in [0, 0.1) is 0 Å². The lowest BCUT2D eigenvalue weighted by Crippen LogP contribution is -2.36. The summed E-state index contributed by atoms with van der Waals surface area (Å²) in [6, 6.07) is 0.891. The minimum atomic E-state index is 0.891. The molecule has 2 aliphatic rings. The van der Waals surface area contributed by atoms with Gasteiger partial charge in [-0.15, -0.1) is 0 Å². The van der Waals surface area contributed by atoms with Gasteiger partial charge in [0.05, 0.1) is 0 Å². The molecule has 2 aliphatic heterocycles. The van der Waals surface area contributed by atoms with Crippen LogP contribution >= 0.6 is 0 Å². The van der Waals surface area contributed by atoms with E-state index in [0.29, 0.717) is 0 Å². The predicted molar refractivity (Wildman–Crippen MR) is 47.6 cm³/mol. The molecule has 1 saturated heterocycles. The van der Waals surface area contributed by atoms with Gasteiger partial charge in [0, 0.05) is 12.6 Å². The van der Waals surface area contributed by atoms with Crippen LogP contribution in [0.3, 0.4) is 0 Å². The predicted octanol–water partition coefficient (Wildman–Crippen LogP) is 2.19. The molecule has 0 aromatic rings. The second-order valence-electron chi connectivity index (χ2n) is 3.71. The van der Waals surface area contributed by atoms with E-state index in [2.05, 4.69) is 17.1 Å². The normalized spacial score (nSPS) is 32.9. The summed E-state index contributed by atoms with van der Waals surface area (Å²) in [6.45, 7) is 2.56. The van der Waals surface area contributed by atoms with E-state index in [1.165, 1.54) is 45.2 Å². The Labute approximate surface area is 69.1 Å². The molecule has 0 amide bonds. The Bertz CT molecular complexity index is 135. The molecule has 2 rings (SSSR count). The fourth-order valence-electron chi connectivity index (χ4n) is 2.21. The van der Waals surface area contributed by atoms with Gasteiger partial charge in [-0.05, 0) is 25.8 Å². The van der Waals surface area contributed by atoms with Crippen LogP contribution in [0.15, 0.2) is 12.2 Å². The number of fused-ring (bicyclic) bond motifs is 1.